The van der Waals surface area contributed by atoms with E-state index in [-0.39, 0.29) is 11.3 Å². The van der Waals surface area contributed by atoms with Crippen molar-refractivity contribution in [1.29, 1.82) is 0 Å². The van der Waals surface area contributed by atoms with E-state index in [1.165, 1.54) is 17.3 Å². The van der Waals surface area contributed by atoms with Gasteiger partial charge in [-0.3, -0.25) is 19.5 Å². The van der Waals surface area contributed by atoms with Crippen molar-refractivity contribution >= 4 is 23.1 Å². The van der Waals surface area contributed by atoms with Gasteiger partial charge in [0.25, 0.3) is 11.7 Å². The summed E-state index contributed by atoms with van der Waals surface area (Å²) in [6, 6.07) is 17.5. The summed E-state index contributed by atoms with van der Waals surface area (Å²) in [6.07, 6.45) is 3.07. The van der Waals surface area contributed by atoms with Crippen LogP contribution in [0.5, 0.6) is 0 Å². The number of pyridine rings is 1. The maximum absolute atomic E-state index is 13.1. The lowest BCUT2D eigenvalue weighted by Crippen LogP contribution is -2.30. The fourth-order valence-electron chi connectivity index (χ4n) is 3.77. The number of carbonyl (C=O) groups excluding carboxylic acids is 2. The minimum Gasteiger partial charge on any atom is -0.507 e. The number of carbonyl (C=O) groups is 2. The lowest BCUT2D eigenvalue weighted by Gasteiger charge is -2.27. The molecule has 1 unspecified atom stereocenters. The number of amides is 1. The molecule has 4 rings (SSSR count). The molecule has 1 atom stereocenters. The first-order valence-electron chi connectivity index (χ1n) is 9.32. The van der Waals surface area contributed by atoms with Crippen LogP contribution in [-0.2, 0) is 9.59 Å². The number of aliphatic hydroxyl groups is 1. The Balaban J connectivity index is 1.97. The van der Waals surface area contributed by atoms with Gasteiger partial charge in [0, 0.05) is 23.6 Å². The van der Waals surface area contributed by atoms with Gasteiger partial charge in [-0.05, 0) is 43.2 Å². The minimum atomic E-state index is -0.717. The zero-order valence-corrected chi connectivity index (χ0v) is 16.2. The molecule has 0 radical (unpaired) electrons. The van der Waals surface area contributed by atoms with Crippen LogP contribution < -0.4 is 4.90 Å². The Morgan fingerprint density at radius 3 is 2.31 bits per heavy atom. The smallest absolute Gasteiger partial charge is 0.300 e. The van der Waals surface area contributed by atoms with Gasteiger partial charge in [0.15, 0.2) is 0 Å². The number of aromatic nitrogens is 1. The van der Waals surface area contributed by atoms with Crippen molar-refractivity contribution in [2.45, 2.75) is 19.9 Å². The standard InChI is InChI=1S/C24H20N2O3/c1-15-8-9-19(16(2)14-15)26-21(17-6-4-3-5-7-17)20(23(28)24(26)29)22(27)18-10-12-25-13-11-18/h3-14,21,27H,1-2H3/b22-20+. The summed E-state index contributed by atoms with van der Waals surface area (Å²) in [5.41, 5.74) is 3.88. The molecule has 3 aromatic rings. The number of aliphatic hydroxyl groups excluding tert-OH is 1. The van der Waals surface area contributed by atoms with Crippen molar-refractivity contribution in [3.63, 3.8) is 0 Å². The van der Waals surface area contributed by atoms with Crippen LogP contribution in [0.15, 0.2) is 78.6 Å². The number of Topliss-reactive ketones (excluding diaryl/α,β-unsaturated/α-hetero) is 1. The minimum absolute atomic E-state index is 0.0763. The lowest BCUT2D eigenvalue weighted by atomic mass is 9.95. The SMILES string of the molecule is Cc1ccc(N2C(=O)C(=O)/C(=C(/O)c3ccncc3)C2c2ccccc2)c(C)c1. The third-order valence-corrected chi connectivity index (χ3v) is 5.13. The van der Waals surface area contributed by atoms with Gasteiger partial charge < -0.3 is 5.11 Å². The first-order valence-corrected chi connectivity index (χ1v) is 9.32. The monoisotopic (exact) mass is 384 g/mol. The Kier molecular flexibility index (Phi) is 4.72. The van der Waals surface area contributed by atoms with E-state index in [0.717, 1.165) is 16.7 Å². The molecule has 1 amide bonds. The Hall–Kier alpha value is -3.73. The number of rotatable bonds is 3. The molecule has 1 fully saturated rings. The molecule has 0 spiro atoms. The zero-order chi connectivity index (χ0) is 20.5. The number of hydrogen-bond acceptors (Lipinski definition) is 4. The molecule has 2 aromatic carbocycles. The van der Waals surface area contributed by atoms with Gasteiger partial charge in [-0.1, -0.05) is 48.0 Å². The van der Waals surface area contributed by atoms with Gasteiger partial charge >= 0.3 is 0 Å². The van der Waals surface area contributed by atoms with E-state index in [4.69, 9.17) is 0 Å². The molecule has 1 saturated heterocycles. The molecule has 1 aliphatic rings. The summed E-state index contributed by atoms with van der Waals surface area (Å²) in [5, 5.41) is 11.0. The number of nitrogens with zero attached hydrogens (tertiary/aromatic N) is 2. The highest BCUT2D eigenvalue weighted by atomic mass is 16.3. The lowest BCUT2D eigenvalue weighted by molar-refractivity contribution is -0.132. The molecule has 5 heteroatoms. The second-order valence-corrected chi connectivity index (χ2v) is 7.11. The Morgan fingerprint density at radius 2 is 1.66 bits per heavy atom. The molecule has 1 N–H and O–H groups in total. The number of ketones is 1. The molecule has 5 nitrogen and oxygen atoms in total. The van der Waals surface area contributed by atoms with Gasteiger partial charge in [-0.15, -0.1) is 0 Å². The highest BCUT2D eigenvalue weighted by Crippen LogP contribution is 2.43. The third kappa shape index (κ3) is 3.21. The first kappa shape index (κ1) is 18.6. The van der Waals surface area contributed by atoms with Gasteiger partial charge in [0.05, 0.1) is 11.6 Å². The molecule has 144 valence electrons. The third-order valence-electron chi connectivity index (χ3n) is 5.13. The molecule has 1 aliphatic heterocycles. The van der Waals surface area contributed by atoms with Crippen LogP contribution in [0.1, 0.15) is 28.3 Å². The average molecular weight is 384 g/mol. The molecule has 0 bridgehead atoms. The number of hydrogen-bond donors (Lipinski definition) is 1. The Morgan fingerprint density at radius 1 is 0.966 bits per heavy atom. The predicted molar refractivity (Wildman–Crippen MR) is 111 cm³/mol. The maximum atomic E-state index is 13.1. The summed E-state index contributed by atoms with van der Waals surface area (Å²) in [7, 11) is 0. The van der Waals surface area contributed by atoms with E-state index in [1.54, 1.807) is 12.1 Å². The summed E-state index contributed by atoms with van der Waals surface area (Å²) < 4.78 is 0. The van der Waals surface area contributed by atoms with Crippen molar-refractivity contribution in [3.05, 3.63) is 101 Å². The number of aryl methyl sites for hydroxylation is 2. The highest BCUT2D eigenvalue weighted by molar-refractivity contribution is 6.51. The Bertz CT molecular complexity index is 1120. The average Bonchev–Trinajstić information content (AvgIpc) is 3.00. The fraction of sp³-hybridized carbons (Fsp3) is 0.125. The second-order valence-electron chi connectivity index (χ2n) is 7.11. The zero-order valence-electron chi connectivity index (χ0n) is 16.2. The molecular formula is C24H20N2O3. The summed E-state index contributed by atoms with van der Waals surface area (Å²) in [6.45, 7) is 3.88. The first-order chi connectivity index (χ1) is 14.0. The van der Waals surface area contributed by atoms with Crippen molar-refractivity contribution in [3.8, 4) is 0 Å². The van der Waals surface area contributed by atoms with E-state index >= 15 is 0 Å². The summed E-state index contributed by atoms with van der Waals surface area (Å²) in [5.74, 6) is -1.55. The van der Waals surface area contributed by atoms with Gasteiger partial charge in [-0.25, -0.2) is 0 Å². The van der Waals surface area contributed by atoms with Crippen LogP contribution >= 0.6 is 0 Å². The van der Waals surface area contributed by atoms with Crippen molar-refractivity contribution in [2.24, 2.45) is 0 Å². The Labute approximate surface area is 169 Å². The predicted octanol–water partition coefficient (Wildman–Crippen LogP) is 4.32. The van der Waals surface area contributed by atoms with Gasteiger partial charge in [0.1, 0.15) is 5.76 Å². The quantitative estimate of drug-likeness (QED) is 0.415. The van der Waals surface area contributed by atoms with E-state index in [2.05, 4.69) is 4.98 Å². The molecular weight excluding hydrogens is 364 g/mol. The summed E-state index contributed by atoms with van der Waals surface area (Å²) >= 11 is 0. The van der Waals surface area contributed by atoms with Crippen molar-refractivity contribution in [1.82, 2.24) is 4.98 Å². The molecule has 0 saturated carbocycles. The van der Waals surface area contributed by atoms with E-state index in [9.17, 15) is 14.7 Å². The largest absolute Gasteiger partial charge is 0.507 e. The van der Waals surface area contributed by atoms with Gasteiger partial charge in [0.2, 0.25) is 0 Å². The molecule has 2 heterocycles. The van der Waals surface area contributed by atoms with E-state index < -0.39 is 17.7 Å². The number of anilines is 1. The van der Waals surface area contributed by atoms with Crippen molar-refractivity contribution < 1.29 is 14.7 Å². The molecule has 1 aromatic heterocycles. The maximum Gasteiger partial charge on any atom is 0.300 e. The second kappa shape index (κ2) is 7.36. The van der Waals surface area contributed by atoms with Gasteiger partial charge in [-0.2, -0.15) is 0 Å². The van der Waals surface area contributed by atoms with Crippen molar-refractivity contribution in [2.75, 3.05) is 4.90 Å². The molecule has 0 aliphatic carbocycles. The van der Waals surface area contributed by atoms with Crippen LogP contribution in [0.25, 0.3) is 5.76 Å². The highest BCUT2D eigenvalue weighted by Gasteiger charge is 2.47. The van der Waals surface area contributed by atoms with Crippen LogP contribution in [0, 0.1) is 13.8 Å². The van der Waals surface area contributed by atoms with Crippen LogP contribution in [0.2, 0.25) is 0 Å². The summed E-state index contributed by atoms with van der Waals surface area (Å²) in [4.78, 5) is 31.6. The van der Waals surface area contributed by atoms with E-state index in [0.29, 0.717) is 11.3 Å². The van der Waals surface area contributed by atoms with E-state index in [1.807, 2.05) is 62.4 Å². The normalized spacial score (nSPS) is 18.3. The number of benzene rings is 2. The van der Waals surface area contributed by atoms with Crippen LogP contribution in [-0.4, -0.2) is 21.8 Å². The fourth-order valence-corrected chi connectivity index (χ4v) is 3.77. The van der Waals surface area contributed by atoms with Crippen LogP contribution in [0.3, 0.4) is 0 Å². The van der Waals surface area contributed by atoms with Crippen LogP contribution in [0.4, 0.5) is 5.69 Å². The molecule has 29 heavy (non-hydrogen) atoms. The topological polar surface area (TPSA) is 70.5 Å².